The fourth-order valence-corrected chi connectivity index (χ4v) is 12.6. The first-order valence-electron chi connectivity index (χ1n) is 10.1. The van der Waals surface area contributed by atoms with Gasteiger partial charge in [0.1, 0.15) is 12.2 Å². The van der Waals surface area contributed by atoms with E-state index in [1.54, 1.807) is 13.8 Å². The molecule has 6 atom stereocenters. The number of carbonyl (C=O) groups excluding carboxylic acids is 2. The molecule has 2 aliphatic rings. The van der Waals surface area contributed by atoms with E-state index in [-0.39, 0.29) is 24.1 Å². The lowest BCUT2D eigenvalue weighted by Gasteiger charge is -2.19. The lowest BCUT2D eigenvalue weighted by molar-refractivity contribution is -0.144. The van der Waals surface area contributed by atoms with Gasteiger partial charge in [0.15, 0.2) is 0 Å². The van der Waals surface area contributed by atoms with Gasteiger partial charge in [0.25, 0.3) is 0 Å². The minimum atomic E-state index is -0.291. The summed E-state index contributed by atoms with van der Waals surface area (Å²) in [6, 6.07) is 0. The molecule has 0 aromatic heterocycles. The molecule has 0 bridgehead atoms. The van der Waals surface area contributed by atoms with Crippen molar-refractivity contribution >= 4 is 82.5 Å². The maximum Gasteiger partial charge on any atom is 0.333 e. The number of carbonyl (C=O) groups is 2. The minimum absolute atomic E-state index is 0.0764. The normalized spacial score (nSPS) is 27.5. The van der Waals surface area contributed by atoms with Crippen LogP contribution in [0.2, 0.25) is 0 Å². The van der Waals surface area contributed by atoms with Crippen LogP contribution in [-0.4, -0.2) is 71.9 Å². The molecule has 4 nitrogen and oxygen atoms in total. The molecule has 31 heavy (non-hydrogen) atoms. The Morgan fingerprint density at radius 2 is 1.26 bits per heavy atom. The van der Waals surface area contributed by atoms with Crippen molar-refractivity contribution in [2.24, 2.45) is 0 Å². The molecule has 2 rings (SSSR count). The van der Waals surface area contributed by atoms with Crippen LogP contribution in [-0.2, 0) is 19.1 Å². The van der Waals surface area contributed by atoms with Crippen LogP contribution < -0.4 is 0 Å². The molecule has 0 N–H and O–H groups in total. The molecule has 2 fully saturated rings. The van der Waals surface area contributed by atoms with Crippen molar-refractivity contribution in [3.63, 3.8) is 0 Å². The van der Waals surface area contributed by atoms with E-state index in [9.17, 15) is 9.59 Å². The quantitative estimate of drug-likeness (QED) is 0.132. The summed E-state index contributed by atoms with van der Waals surface area (Å²) in [6.07, 6.45) is -0.153. The van der Waals surface area contributed by atoms with Crippen LogP contribution in [0.4, 0.5) is 0 Å². The topological polar surface area (TPSA) is 52.6 Å². The van der Waals surface area contributed by atoms with Crippen LogP contribution in [0.25, 0.3) is 0 Å². The second-order valence-electron chi connectivity index (χ2n) is 7.52. The second-order valence-corrected chi connectivity index (χ2v) is 15.9. The summed E-state index contributed by atoms with van der Waals surface area (Å²) in [4.78, 5) is 23.4. The largest absolute Gasteiger partial charge is 0.458 e. The molecule has 0 aliphatic carbocycles. The van der Waals surface area contributed by atoms with Gasteiger partial charge in [0.2, 0.25) is 0 Å². The number of ether oxygens (including phenoxy) is 2. The Bertz CT molecular complexity index is 604. The minimum Gasteiger partial charge on any atom is -0.458 e. The molecule has 10 heteroatoms. The zero-order chi connectivity index (χ0) is 23.0. The first kappa shape index (κ1) is 27.8. The summed E-state index contributed by atoms with van der Waals surface area (Å²) < 4.78 is 12.1. The highest BCUT2D eigenvalue weighted by Gasteiger charge is 2.33. The van der Waals surface area contributed by atoms with E-state index in [2.05, 4.69) is 13.2 Å². The molecule has 0 spiro atoms. The van der Waals surface area contributed by atoms with E-state index in [1.807, 2.05) is 84.4 Å². The van der Waals surface area contributed by atoms with Crippen molar-refractivity contribution in [3.05, 3.63) is 24.3 Å². The second kappa shape index (κ2) is 14.0. The standard InChI is InChI=1S/C21H32O4S6/c1-12(2)20(22)24-14(5)16-7-28-18(30-16)9-26-11-27-10-19-29-8-17(31-19)15(6)25-21(23)13(3)4/h14-19H,1,3,7-11H2,2,4-6H3. The van der Waals surface area contributed by atoms with Gasteiger partial charge in [-0.05, 0) is 27.7 Å². The van der Waals surface area contributed by atoms with Crippen LogP contribution in [0.3, 0.4) is 0 Å². The molecule has 6 unspecified atom stereocenters. The predicted molar refractivity (Wildman–Crippen MR) is 146 cm³/mol. The van der Waals surface area contributed by atoms with Gasteiger partial charge in [0, 0.05) is 39.2 Å². The van der Waals surface area contributed by atoms with Gasteiger partial charge in [-0.25, -0.2) is 9.59 Å². The maximum atomic E-state index is 11.7. The third-order valence-electron chi connectivity index (χ3n) is 4.55. The van der Waals surface area contributed by atoms with E-state index in [1.165, 1.54) is 0 Å². The molecule has 0 amide bonds. The van der Waals surface area contributed by atoms with Crippen LogP contribution in [0.15, 0.2) is 24.3 Å². The molecule has 0 radical (unpaired) electrons. The molecule has 0 saturated carbocycles. The van der Waals surface area contributed by atoms with E-state index in [0.717, 1.165) is 28.1 Å². The lowest BCUT2D eigenvalue weighted by Crippen LogP contribution is -2.26. The van der Waals surface area contributed by atoms with Crippen molar-refractivity contribution < 1.29 is 19.1 Å². The Hall–Kier alpha value is 0.520. The van der Waals surface area contributed by atoms with E-state index < -0.39 is 0 Å². The average Bonchev–Trinajstić information content (AvgIpc) is 3.37. The molecule has 0 aromatic rings. The number of thioether (sulfide) groups is 6. The highest BCUT2D eigenvalue weighted by molar-refractivity contribution is 8.23. The van der Waals surface area contributed by atoms with Crippen LogP contribution >= 0.6 is 70.6 Å². The molecule has 2 saturated heterocycles. The van der Waals surface area contributed by atoms with Crippen LogP contribution in [0, 0.1) is 0 Å². The Kier molecular flexibility index (Phi) is 12.6. The van der Waals surface area contributed by atoms with Crippen LogP contribution in [0.5, 0.6) is 0 Å². The maximum absolute atomic E-state index is 11.7. The first-order valence-corrected chi connectivity index (χ1v) is 16.4. The van der Waals surface area contributed by atoms with Crippen molar-refractivity contribution in [1.29, 1.82) is 0 Å². The van der Waals surface area contributed by atoms with E-state index in [0.29, 0.717) is 30.8 Å². The molecule has 0 aromatic carbocycles. The zero-order valence-electron chi connectivity index (χ0n) is 18.5. The molecule has 2 aliphatic heterocycles. The lowest BCUT2D eigenvalue weighted by atomic mass is 10.3. The first-order chi connectivity index (χ1) is 14.7. The van der Waals surface area contributed by atoms with Gasteiger partial charge in [-0.15, -0.1) is 70.6 Å². The van der Waals surface area contributed by atoms with Gasteiger partial charge >= 0.3 is 11.9 Å². The number of hydrogen-bond acceptors (Lipinski definition) is 10. The smallest absolute Gasteiger partial charge is 0.333 e. The Morgan fingerprint density at radius 1 is 0.871 bits per heavy atom. The van der Waals surface area contributed by atoms with Crippen molar-refractivity contribution in [2.75, 3.05) is 28.1 Å². The van der Waals surface area contributed by atoms with Gasteiger partial charge in [-0.3, -0.25) is 0 Å². The summed E-state index contributed by atoms with van der Waals surface area (Å²) in [5, 5.41) is 1.80. The fourth-order valence-electron chi connectivity index (χ4n) is 2.66. The summed E-state index contributed by atoms with van der Waals surface area (Å²) >= 11 is 11.8. The molecular weight excluding hydrogens is 509 g/mol. The molecule has 2 heterocycles. The SMILES string of the molecule is C=C(C)C(=O)OC(C)C1CSC(CSCSCC2SCC(C(C)OC(=O)C(=C)C)S2)S1. The summed E-state index contributed by atoms with van der Waals surface area (Å²) in [7, 11) is 0. The van der Waals surface area contributed by atoms with Gasteiger partial charge in [0.05, 0.1) is 19.7 Å². The van der Waals surface area contributed by atoms with Gasteiger partial charge < -0.3 is 9.47 Å². The summed E-state index contributed by atoms with van der Waals surface area (Å²) in [5.41, 5.74) is 0.915. The highest BCUT2D eigenvalue weighted by Crippen LogP contribution is 2.43. The van der Waals surface area contributed by atoms with Crippen molar-refractivity contribution in [3.8, 4) is 0 Å². The van der Waals surface area contributed by atoms with E-state index >= 15 is 0 Å². The monoisotopic (exact) mass is 540 g/mol. The number of hydrogen-bond donors (Lipinski definition) is 0. The Balaban J connectivity index is 1.55. The third-order valence-corrected chi connectivity index (χ3v) is 14.7. The Labute approximate surface area is 212 Å². The van der Waals surface area contributed by atoms with Gasteiger partial charge in [-0.1, -0.05) is 13.2 Å². The number of rotatable bonds is 12. The Morgan fingerprint density at radius 3 is 1.61 bits per heavy atom. The zero-order valence-corrected chi connectivity index (χ0v) is 23.4. The van der Waals surface area contributed by atoms with E-state index in [4.69, 9.17) is 9.47 Å². The highest BCUT2D eigenvalue weighted by atomic mass is 32.2. The van der Waals surface area contributed by atoms with Crippen molar-refractivity contribution in [1.82, 2.24) is 0 Å². The average molecular weight is 541 g/mol. The fraction of sp³-hybridized carbons (Fsp3) is 0.714. The van der Waals surface area contributed by atoms with Crippen molar-refractivity contribution in [2.45, 2.75) is 59.6 Å². The predicted octanol–water partition coefficient (Wildman–Crippen LogP) is 5.78. The molecule has 176 valence electrons. The van der Waals surface area contributed by atoms with Gasteiger partial charge in [-0.2, -0.15) is 0 Å². The van der Waals surface area contributed by atoms with Crippen LogP contribution in [0.1, 0.15) is 27.7 Å². The molecular formula is C21H32O4S6. The third kappa shape index (κ3) is 9.73. The number of esters is 2. The summed E-state index contributed by atoms with van der Waals surface area (Å²) in [5.74, 6) is 3.70. The summed E-state index contributed by atoms with van der Waals surface area (Å²) in [6.45, 7) is 14.6.